The zero-order chi connectivity index (χ0) is 17.0. The summed E-state index contributed by atoms with van der Waals surface area (Å²) in [6, 6.07) is 2.52. The molecule has 0 amide bonds. The fraction of sp³-hybridized carbons (Fsp3) is 0.214. The predicted octanol–water partition coefficient (Wildman–Crippen LogP) is 3.52. The van der Waals surface area contributed by atoms with Crippen molar-refractivity contribution in [2.24, 2.45) is 4.99 Å². The fourth-order valence-corrected chi connectivity index (χ4v) is 2.45. The Labute approximate surface area is 135 Å². The molecule has 0 unspecified atom stereocenters. The second kappa shape index (κ2) is 6.86. The number of halogens is 3. The number of aliphatic imine (C=N–C) groups is 1. The summed E-state index contributed by atoms with van der Waals surface area (Å²) >= 11 is 1.51. The van der Waals surface area contributed by atoms with Gasteiger partial charge in [0.1, 0.15) is 5.69 Å². The lowest BCUT2D eigenvalue weighted by Crippen LogP contribution is -2.09. The molecule has 0 atom stereocenters. The molecule has 0 aromatic carbocycles. The van der Waals surface area contributed by atoms with E-state index in [0.717, 1.165) is 22.9 Å². The minimum atomic E-state index is -4.53. The monoisotopic (exact) mass is 341 g/mol. The second-order valence-electron chi connectivity index (χ2n) is 4.48. The van der Waals surface area contributed by atoms with E-state index in [0.29, 0.717) is 11.5 Å². The van der Waals surface area contributed by atoms with E-state index in [9.17, 15) is 13.2 Å². The fourth-order valence-electron chi connectivity index (χ4n) is 1.69. The first-order chi connectivity index (χ1) is 10.8. The molecular formula is C14H14F3N5S. The molecule has 0 saturated heterocycles. The molecule has 4 N–H and O–H groups in total. The highest BCUT2D eigenvalue weighted by Gasteiger charge is 2.32. The number of alkyl halides is 3. The van der Waals surface area contributed by atoms with Gasteiger partial charge in [-0.3, -0.25) is 4.98 Å². The van der Waals surface area contributed by atoms with E-state index >= 15 is 0 Å². The molecule has 0 aliphatic heterocycles. The average Bonchev–Trinajstić information content (AvgIpc) is 2.47. The highest BCUT2D eigenvalue weighted by atomic mass is 32.2. The molecule has 2 heterocycles. The van der Waals surface area contributed by atoms with Gasteiger partial charge in [0.05, 0.1) is 16.8 Å². The first-order valence-corrected chi connectivity index (χ1v) is 7.55. The molecule has 2 aromatic rings. The van der Waals surface area contributed by atoms with Gasteiger partial charge in [-0.2, -0.15) is 13.2 Å². The van der Waals surface area contributed by atoms with Crippen molar-refractivity contribution in [3.8, 4) is 0 Å². The Morgan fingerprint density at radius 2 is 1.96 bits per heavy atom. The van der Waals surface area contributed by atoms with Crippen molar-refractivity contribution in [1.29, 1.82) is 0 Å². The molecule has 2 aromatic heterocycles. The molecule has 23 heavy (non-hydrogen) atoms. The lowest BCUT2D eigenvalue weighted by molar-refractivity contribution is -0.141. The van der Waals surface area contributed by atoms with Crippen molar-refractivity contribution in [2.75, 3.05) is 17.2 Å². The van der Waals surface area contributed by atoms with Crippen LogP contribution in [0.25, 0.3) is 0 Å². The minimum Gasteiger partial charge on any atom is -0.398 e. The quantitative estimate of drug-likeness (QED) is 0.656. The highest BCUT2D eigenvalue weighted by molar-refractivity contribution is 7.99. The maximum atomic E-state index is 12.5. The molecule has 9 heteroatoms. The van der Waals surface area contributed by atoms with E-state index < -0.39 is 11.9 Å². The van der Waals surface area contributed by atoms with Crippen LogP contribution in [-0.4, -0.2) is 21.9 Å². The van der Waals surface area contributed by atoms with Crippen LogP contribution in [0.3, 0.4) is 0 Å². The number of anilines is 2. The molecule has 2 rings (SSSR count). The van der Waals surface area contributed by atoms with Gasteiger partial charge in [-0.15, -0.1) is 11.8 Å². The largest absolute Gasteiger partial charge is 0.433 e. The molecule has 5 nitrogen and oxygen atoms in total. The third kappa shape index (κ3) is 4.35. The summed E-state index contributed by atoms with van der Waals surface area (Å²) in [4.78, 5) is 12.4. The first kappa shape index (κ1) is 17.1. The van der Waals surface area contributed by atoms with E-state index in [1.807, 2.05) is 6.92 Å². The standard InChI is InChI=1S/C14H14F3N5S/c1-2-23-11-3-9(18)7-22-13(11)21-6-8-5-20-12(4-10(8)19)14(15,16)17/h3-7H,2,18H2,1H3,(H2,19,20). The molecule has 122 valence electrons. The van der Waals surface area contributed by atoms with Gasteiger partial charge in [0.15, 0.2) is 5.82 Å². The number of nitrogens with two attached hydrogens (primary N) is 2. The van der Waals surface area contributed by atoms with Crippen molar-refractivity contribution in [3.63, 3.8) is 0 Å². The number of hydrogen-bond donors (Lipinski definition) is 2. The van der Waals surface area contributed by atoms with Crippen LogP contribution >= 0.6 is 11.8 Å². The zero-order valence-corrected chi connectivity index (χ0v) is 12.9. The van der Waals surface area contributed by atoms with Crippen LogP contribution in [0.15, 0.2) is 34.4 Å². The molecule has 0 bridgehead atoms. The van der Waals surface area contributed by atoms with E-state index in [2.05, 4.69) is 15.0 Å². The van der Waals surface area contributed by atoms with Crippen molar-refractivity contribution < 1.29 is 13.2 Å². The minimum absolute atomic E-state index is 0.0591. The third-order valence-electron chi connectivity index (χ3n) is 2.74. The van der Waals surface area contributed by atoms with Crippen molar-refractivity contribution in [3.05, 3.63) is 35.8 Å². The van der Waals surface area contributed by atoms with Gasteiger partial charge in [-0.05, 0) is 17.9 Å². The molecular weight excluding hydrogens is 327 g/mol. The van der Waals surface area contributed by atoms with Crippen LogP contribution < -0.4 is 11.5 Å². The summed E-state index contributed by atoms with van der Waals surface area (Å²) < 4.78 is 37.6. The van der Waals surface area contributed by atoms with Crippen molar-refractivity contribution in [1.82, 2.24) is 9.97 Å². The van der Waals surface area contributed by atoms with E-state index in [1.54, 1.807) is 6.07 Å². The summed E-state index contributed by atoms with van der Waals surface area (Å²) in [6.07, 6.45) is -0.708. The predicted molar refractivity (Wildman–Crippen MR) is 86.0 cm³/mol. The van der Waals surface area contributed by atoms with Crippen LogP contribution in [-0.2, 0) is 6.18 Å². The number of nitrogen functional groups attached to an aromatic ring is 2. The molecule has 0 spiro atoms. The average molecular weight is 341 g/mol. The Balaban J connectivity index is 2.30. The van der Waals surface area contributed by atoms with E-state index in [-0.39, 0.29) is 11.3 Å². The first-order valence-electron chi connectivity index (χ1n) is 6.56. The molecule has 0 saturated carbocycles. The summed E-state index contributed by atoms with van der Waals surface area (Å²) in [5.41, 5.74) is 11.0. The number of pyridine rings is 2. The van der Waals surface area contributed by atoms with Gasteiger partial charge >= 0.3 is 6.18 Å². The Morgan fingerprint density at radius 1 is 1.22 bits per heavy atom. The number of nitrogens with zero attached hydrogens (tertiary/aromatic N) is 3. The van der Waals surface area contributed by atoms with Crippen LogP contribution in [0.1, 0.15) is 18.2 Å². The molecule has 0 fully saturated rings. The van der Waals surface area contributed by atoms with Gasteiger partial charge in [0.2, 0.25) is 0 Å². The van der Waals surface area contributed by atoms with E-state index in [4.69, 9.17) is 11.5 Å². The number of rotatable bonds is 4. The molecule has 0 radical (unpaired) electrons. The smallest absolute Gasteiger partial charge is 0.398 e. The van der Waals surface area contributed by atoms with Gasteiger partial charge < -0.3 is 11.5 Å². The Hall–Kier alpha value is -2.29. The highest BCUT2D eigenvalue weighted by Crippen LogP contribution is 2.30. The SMILES string of the molecule is CCSc1cc(N)cnc1N=Cc1cnc(C(F)(F)F)cc1N. The van der Waals surface area contributed by atoms with Crippen LogP contribution in [0, 0.1) is 0 Å². The number of aromatic nitrogens is 2. The Bertz CT molecular complexity index is 731. The Kier molecular flexibility index (Phi) is 5.09. The third-order valence-corrected chi connectivity index (χ3v) is 3.64. The van der Waals surface area contributed by atoms with E-state index in [1.165, 1.54) is 24.2 Å². The van der Waals surface area contributed by atoms with Gasteiger partial charge in [-0.1, -0.05) is 6.92 Å². The lowest BCUT2D eigenvalue weighted by atomic mass is 10.2. The maximum Gasteiger partial charge on any atom is 0.433 e. The number of hydrogen-bond acceptors (Lipinski definition) is 6. The van der Waals surface area contributed by atoms with Gasteiger partial charge in [0, 0.05) is 23.7 Å². The molecule has 0 aliphatic carbocycles. The van der Waals surface area contributed by atoms with Crippen LogP contribution in [0.4, 0.5) is 30.4 Å². The van der Waals surface area contributed by atoms with Gasteiger partial charge in [-0.25, -0.2) is 9.98 Å². The van der Waals surface area contributed by atoms with Crippen molar-refractivity contribution in [2.45, 2.75) is 18.0 Å². The normalized spacial score (nSPS) is 12.0. The number of thioether (sulfide) groups is 1. The summed E-state index contributed by atoms with van der Waals surface area (Å²) in [5, 5.41) is 0. The maximum absolute atomic E-state index is 12.5. The van der Waals surface area contributed by atoms with Gasteiger partial charge in [0.25, 0.3) is 0 Å². The zero-order valence-electron chi connectivity index (χ0n) is 12.1. The Morgan fingerprint density at radius 3 is 2.57 bits per heavy atom. The summed E-state index contributed by atoms with van der Waals surface area (Å²) in [5.74, 6) is 1.22. The van der Waals surface area contributed by atoms with Crippen LogP contribution in [0.2, 0.25) is 0 Å². The molecule has 0 aliphatic rings. The van der Waals surface area contributed by atoms with Crippen LogP contribution in [0.5, 0.6) is 0 Å². The van der Waals surface area contributed by atoms with Crippen molar-refractivity contribution >= 4 is 35.2 Å². The second-order valence-corrected chi connectivity index (χ2v) is 5.78. The topological polar surface area (TPSA) is 90.2 Å². The summed E-state index contributed by atoms with van der Waals surface area (Å²) in [7, 11) is 0. The lowest BCUT2D eigenvalue weighted by Gasteiger charge is -2.07. The summed E-state index contributed by atoms with van der Waals surface area (Å²) in [6.45, 7) is 1.97.